The molecule has 0 aromatic heterocycles. The third-order valence-corrected chi connectivity index (χ3v) is 5.76. The number of hydrogen-bond donors (Lipinski definition) is 1. The monoisotopic (exact) mass is 463 g/mol. The van der Waals surface area contributed by atoms with Crippen molar-refractivity contribution >= 4 is 17.3 Å². The molecule has 2 aromatic carbocycles. The number of rotatable bonds is 7. The molecule has 33 heavy (non-hydrogen) atoms. The molecule has 0 radical (unpaired) electrons. The minimum absolute atomic E-state index is 0.136. The highest BCUT2D eigenvalue weighted by atomic mass is 19.4. The Bertz CT molecular complexity index is 1010. The van der Waals surface area contributed by atoms with E-state index in [0.29, 0.717) is 50.6 Å². The summed E-state index contributed by atoms with van der Waals surface area (Å²) in [5.41, 5.74) is 1.50. The Labute approximate surface area is 189 Å². The molecule has 0 spiro atoms. The maximum atomic E-state index is 12.7. The van der Waals surface area contributed by atoms with Crippen molar-refractivity contribution in [2.45, 2.75) is 25.2 Å². The van der Waals surface area contributed by atoms with E-state index in [4.69, 9.17) is 4.74 Å². The highest BCUT2D eigenvalue weighted by Gasteiger charge is 2.39. The second-order valence-corrected chi connectivity index (χ2v) is 8.23. The van der Waals surface area contributed by atoms with Crippen molar-refractivity contribution in [3.05, 3.63) is 59.0 Å². The largest absolute Gasteiger partial charge is 0.423 e. The Morgan fingerprint density at radius 2 is 1.85 bits per heavy atom. The van der Waals surface area contributed by atoms with Crippen molar-refractivity contribution in [1.82, 2.24) is 10.2 Å². The molecule has 2 aliphatic rings. The Morgan fingerprint density at radius 1 is 1.09 bits per heavy atom. The van der Waals surface area contributed by atoms with E-state index in [1.807, 2.05) is 15.9 Å². The van der Waals surface area contributed by atoms with Crippen LogP contribution >= 0.6 is 0 Å². The van der Waals surface area contributed by atoms with Crippen LogP contribution in [0.4, 0.5) is 24.5 Å². The lowest BCUT2D eigenvalue weighted by atomic mass is 10.1. The van der Waals surface area contributed by atoms with Crippen molar-refractivity contribution in [3.8, 4) is 5.75 Å². The molecule has 4 rings (SSSR count). The Morgan fingerprint density at radius 3 is 2.58 bits per heavy atom. The van der Waals surface area contributed by atoms with Crippen LogP contribution in [-0.4, -0.2) is 67.2 Å². The van der Waals surface area contributed by atoms with Gasteiger partial charge in [0, 0.05) is 49.4 Å². The highest BCUT2D eigenvalue weighted by molar-refractivity contribution is 5.78. The maximum absolute atomic E-state index is 12.7. The average Bonchev–Trinajstić information content (AvgIpc) is 3.09. The number of carbonyl (C=O) groups excluding carboxylic acids is 1. The molecule has 1 atom stereocenters. The topological polar surface area (TPSA) is 64.9 Å². The number of para-hydroxylation sites is 2. The van der Waals surface area contributed by atoms with Gasteiger partial charge in [0.25, 0.3) is 0 Å². The van der Waals surface area contributed by atoms with Crippen LogP contribution in [0.3, 0.4) is 0 Å². The summed E-state index contributed by atoms with van der Waals surface area (Å²) >= 11 is 0. The van der Waals surface area contributed by atoms with E-state index in [1.54, 1.807) is 36.4 Å². The van der Waals surface area contributed by atoms with Crippen LogP contribution in [0.1, 0.15) is 12.0 Å². The molecule has 10 heteroatoms. The first-order chi connectivity index (χ1) is 15.8. The van der Waals surface area contributed by atoms with Gasteiger partial charge < -0.3 is 15.0 Å². The molecular formula is C23H26F3N4O3+. The fraction of sp³-hybridized carbons (Fsp3) is 0.435. The number of fused-ring (bicyclic) bond motifs is 1. The summed E-state index contributed by atoms with van der Waals surface area (Å²) in [7, 11) is 0. The lowest BCUT2D eigenvalue weighted by Crippen LogP contribution is -2.49. The molecule has 0 aliphatic carbocycles. The van der Waals surface area contributed by atoms with Crippen molar-refractivity contribution in [2.75, 3.05) is 44.2 Å². The first-order valence-corrected chi connectivity index (χ1v) is 10.9. The van der Waals surface area contributed by atoms with E-state index in [2.05, 4.69) is 5.32 Å². The maximum Gasteiger partial charge on any atom is 0.393 e. The number of ether oxygens (including phenoxy) is 1. The molecule has 2 heterocycles. The molecule has 2 aliphatic heterocycles. The molecule has 2 aromatic rings. The third-order valence-electron chi connectivity index (χ3n) is 5.76. The number of nitroso groups, excluding NO2 is 1. The number of nitrogens with one attached hydrogen (secondary N) is 1. The van der Waals surface area contributed by atoms with Gasteiger partial charge in [0.2, 0.25) is 11.7 Å². The van der Waals surface area contributed by atoms with E-state index in [0.717, 1.165) is 10.4 Å². The molecular weight excluding hydrogens is 437 g/mol. The zero-order chi connectivity index (χ0) is 23.4. The molecule has 0 saturated carbocycles. The fourth-order valence-electron chi connectivity index (χ4n) is 4.12. The van der Waals surface area contributed by atoms with Gasteiger partial charge in [-0.15, -0.1) is 0 Å². The summed E-state index contributed by atoms with van der Waals surface area (Å²) in [6.45, 7) is 3.07. The van der Waals surface area contributed by atoms with E-state index >= 15 is 0 Å². The van der Waals surface area contributed by atoms with Crippen LogP contribution in [0.25, 0.3) is 0 Å². The second-order valence-electron chi connectivity index (χ2n) is 8.23. The molecule has 7 nitrogen and oxygen atoms in total. The number of amides is 1. The standard InChI is InChI=1S/C23H25F3N4O3/c24-23(25,26)15-17-4-3-5-18(14-17)29-12-10-28(11-13-29)16-21(31)27-9-8-22-30(32)19-6-1-2-7-20(19)33-22/h1-7,14,22H,8-13,15-16H2/p+1. The summed E-state index contributed by atoms with van der Waals surface area (Å²) in [4.78, 5) is 28.6. The van der Waals surface area contributed by atoms with E-state index in [1.165, 1.54) is 6.07 Å². The smallest absolute Gasteiger partial charge is 0.393 e. The summed E-state index contributed by atoms with van der Waals surface area (Å²) in [6, 6.07) is 13.5. The highest BCUT2D eigenvalue weighted by Crippen LogP contribution is 2.35. The van der Waals surface area contributed by atoms with Crippen LogP contribution in [0.15, 0.2) is 48.5 Å². The van der Waals surface area contributed by atoms with Crippen LogP contribution in [0.5, 0.6) is 5.75 Å². The van der Waals surface area contributed by atoms with Gasteiger partial charge in [0.05, 0.1) is 24.1 Å². The number of alkyl halides is 3. The Kier molecular flexibility index (Phi) is 6.83. The number of carbonyl (C=O) groups is 1. The first-order valence-electron chi connectivity index (χ1n) is 10.9. The number of nitrogens with zero attached hydrogens (tertiary/aromatic N) is 3. The summed E-state index contributed by atoms with van der Waals surface area (Å²) in [5.74, 6) is 0.411. The van der Waals surface area contributed by atoms with Gasteiger partial charge in [-0.1, -0.05) is 24.3 Å². The predicted molar refractivity (Wildman–Crippen MR) is 117 cm³/mol. The molecule has 1 N–H and O–H groups in total. The van der Waals surface area contributed by atoms with Crippen LogP contribution in [0, 0.1) is 4.91 Å². The lowest BCUT2D eigenvalue weighted by Gasteiger charge is -2.36. The number of benzene rings is 2. The van der Waals surface area contributed by atoms with Gasteiger partial charge in [-0.3, -0.25) is 9.69 Å². The first kappa shape index (κ1) is 23.0. The normalized spacial score (nSPS) is 18.7. The summed E-state index contributed by atoms with van der Waals surface area (Å²) in [6.07, 6.45) is -5.46. The van der Waals surface area contributed by atoms with Crippen LogP contribution < -0.4 is 15.0 Å². The van der Waals surface area contributed by atoms with Gasteiger partial charge in [-0.2, -0.15) is 13.2 Å². The molecule has 1 fully saturated rings. The number of anilines is 1. The van der Waals surface area contributed by atoms with Crippen LogP contribution in [-0.2, 0) is 11.2 Å². The van der Waals surface area contributed by atoms with Gasteiger partial charge >= 0.3 is 18.1 Å². The zero-order valence-electron chi connectivity index (χ0n) is 18.1. The SMILES string of the molecule is O=C(CN1CCN(c2cccc(CC(F)(F)F)c2)CC1)NCCC1Oc2ccccc2[N+]1=O. The molecule has 0 bridgehead atoms. The van der Waals surface area contributed by atoms with E-state index in [-0.39, 0.29) is 18.0 Å². The Hall–Kier alpha value is -3.14. The molecule has 1 saturated heterocycles. The van der Waals surface area contributed by atoms with Crippen molar-refractivity contribution in [1.29, 1.82) is 0 Å². The van der Waals surface area contributed by atoms with Gasteiger partial charge in [0.15, 0.2) is 0 Å². The lowest BCUT2D eigenvalue weighted by molar-refractivity contribution is -0.529. The van der Waals surface area contributed by atoms with E-state index < -0.39 is 18.8 Å². The van der Waals surface area contributed by atoms with Gasteiger partial charge in [-0.25, -0.2) is 0 Å². The third kappa shape index (κ3) is 6.01. The number of hydrogen-bond acceptors (Lipinski definition) is 5. The number of piperazine rings is 1. The van der Waals surface area contributed by atoms with Gasteiger partial charge in [0.1, 0.15) is 0 Å². The molecule has 1 amide bonds. The fourth-order valence-corrected chi connectivity index (χ4v) is 4.12. The molecule has 1 unspecified atom stereocenters. The Balaban J connectivity index is 1.18. The minimum Gasteiger partial charge on any atom is -0.423 e. The van der Waals surface area contributed by atoms with Gasteiger partial charge in [-0.05, 0) is 23.8 Å². The summed E-state index contributed by atoms with van der Waals surface area (Å²) in [5, 5.41) is 2.83. The van der Waals surface area contributed by atoms with Crippen LogP contribution in [0.2, 0.25) is 0 Å². The molecule has 176 valence electrons. The average molecular weight is 463 g/mol. The number of halogens is 3. The zero-order valence-corrected chi connectivity index (χ0v) is 18.1. The second kappa shape index (κ2) is 9.78. The predicted octanol–water partition coefficient (Wildman–Crippen LogP) is 3.25. The summed E-state index contributed by atoms with van der Waals surface area (Å²) < 4.78 is 44.4. The van der Waals surface area contributed by atoms with Crippen molar-refractivity contribution in [2.24, 2.45) is 0 Å². The quantitative estimate of drug-likeness (QED) is 0.639. The van der Waals surface area contributed by atoms with Crippen molar-refractivity contribution < 1.29 is 27.5 Å². The van der Waals surface area contributed by atoms with E-state index in [9.17, 15) is 22.9 Å². The minimum atomic E-state index is -4.23. The van der Waals surface area contributed by atoms with Crippen molar-refractivity contribution in [3.63, 3.8) is 0 Å².